The summed E-state index contributed by atoms with van der Waals surface area (Å²) in [7, 11) is 0. The number of aromatic amines is 1. The maximum absolute atomic E-state index is 14.2. The van der Waals surface area contributed by atoms with Gasteiger partial charge in [-0.25, -0.2) is 4.98 Å². The average molecular weight is 606 g/mol. The highest BCUT2D eigenvalue weighted by atomic mass is 19.4. The highest BCUT2D eigenvalue weighted by Gasteiger charge is 2.35. The molecule has 6 rings (SSSR count). The highest BCUT2D eigenvalue weighted by molar-refractivity contribution is 5.82. The number of fused-ring (bicyclic) bond motifs is 2. The smallest absolute Gasteiger partial charge is 0.416 e. The Labute approximate surface area is 255 Å². The molecule has 0 spiro atoms. The molecule has 1 unspecified atom stereocenters. The third-order valence-corrected chi connectivity index (χ3v) is 8.99. The van der Waals surface area contributed by atoms with E-state index in [2.05, 4.69) is 39.7 Å². The number of pyridine rings is 1. The lowest BCUT2D eigenvalue weighted by atomic mass is 9.87. The van der Waals surface area contributed by atoms with Gasteiger partial charge in [-0.2, -0.15) is 13.2 Å². The van der Waals surface area contributed by atoms with E-state index in [1.54, 1.807) is 23.2 Å². The molecule has 0 saturated carbocycles. The van der Waals surface area contributed by atoms with Crippen LogP contribution in [0.1, 0.15) is 54.0 Å². The first-order valence-electron chi connectivity index (χ1n) is 15.4. The maximum Gasteiger partial charge on any atom is 0.416 e. The molecule has 44 heavy (non-hydrogen) atoms. The van der Waals surface area contributed by atoms with E-state index in [0.29, 0.717) is 30.2 Å². The SMILES string of the molecule is CCC1CN(C(=O)Cc2ccc(CN3CCN(CC)CC3)c(C(F)(F)F)c2)Cc2cc(Oc3ccnc4[nH]ccc34)ccc21. The van der Waals surface area contributed by atoms with Crippen LogP contribution in [0.2, 0.25) is 0 Å². The van der Waals surface area contributed by atoms with Gasteiger partial charge in [0.1, 0.15) is 17.1 Å². The fourth-order valence-electron chi connectivity index (χ4n) is 6.43. The largest absolute Gasteiger partial charge is 0.457 e. The molecule has 1 saturated heterocycles. The molecule has 0 bridgehead atoms. The summed E-state index contributed by atoms with van der Waals surface area (Å²) in [5.41, 5.74) is 2.89. The van der Waals surface area contributed by atoms with Crippen molar-refractivity contribution >= 4 is 16.9 Å². The van der Waals surface area contributed by atoms with E-state index in [4.69, 9.17) is 4.74 Å². The second-order valence-electron chi connectivity index (χ2n) is 11.8. The maximum atomic E-state index is 14.2. The Bertz CT molecular complexity index is 1630. The number of carbonyl (C=O) groups excluding carboxylic acids is 1. The number of alkyl halides is 3. The lowest BCUT2D eigenvalue weighted by molar-refractivity contribution is -0.138. The summed E-state index contributed by atoms with van der Waals surface area (Å²) in [5, 5.41) is 0.872. The minimum atomic E-state index is -4.49. The summed E-state index contributed by atoms with van der Waals surface area (Å²) in [6.45, 7) is 9.49. The van der Waals surface area contributed by atoms with Crippen LogP contribution in [0, 0.1) is 0 Å². The van der Waals surface area contributed by atoms with Crippen LogP contribution in [0.25, 0.3) is 11.0 Å². The monoisotopic (exact) mass is 605 g/mol. The predicted octanol–water partition coefficient (Wildman–Crippen LogP) is 6.59. The standard InChI is InChI=1S/C34H38F3N5O2/c1-3-24-21-42(22-26-19-27(7-8-28(24)26)44-31-10-12-39-33-29(31)9-11-38-33)32(43)18-23-5-6-25(30(17-23)34(35,36)37)20-41-15-13-40(4-2)14-16-41/h5-12,17,19,24H,3-4,13-16,18,20-22H2,1-2H3,(H,38,39). The molecule has 1 amide bonds. The molecule has 2 aliphatic rings. The van der Waals surface area contributed by atoms with Crippen molar-refractivity contribution in [3.05, 3.63) is 88.7 Å². The molecule has 0 aliphatic carbocycles. The fourth-order valence-corrected chi connectivity index (χ4v) is 6.43. The number of likely N-dealkylation sites (N-methyl/N-ethyl adjacent to an activating group) is 1. The van der Waals surface area contributed by atoms with Gasteiger partial charge in [0.15, 0.2) is 0 Å². The molecule has 1 atom stereocenters. The summed E-state index contributed by atoms with van der Waals surface area (Å²) in [4.78, 5) is 27.1. The Morgan fingerprint density at radius 3 is 2.57 bits per heavy atom. The Kier molecular flexibility index (Phi) is 8.64. The van der Waals surface area contributed by atoms with Crippen LogP contribution in [-0.2, 0) is 30.5 Å². The summed E-state index contributed by atoms with van der Waals surface area (Å²) in [5.74, 6) is 1.29. The van der Waals surface area contributed by atoms with Crippen LogP contribution in [0.4, 0.5) is 13.2 Å². The Morgan fingerprint density at radius 1 is 1.02 bits per heavy atom. The molecule has 2 aliphatic heterocycles. The number of benzene rings is 2. The van der Waals surface area contributed by atoms with Crippen molar-refractivity contribution in [2.45, 2.75) is 51.9 Å². The van der Waals surface area contributed by atoms with E-state index in [-0.39, 0.29) is 30.4 Å². The van der Waals surface area contributed by atoms with E-state index in [1.807, 2.05) is 30.5 Å². The summed E-state index contributed by atoms with van der Waals surface area (Å²) >= 11 is 0. The Morgan fingerprint density at radius 2 is 1.82 bits per heavy atom. The van der Waals surface area contributed by atoms with Gasteiger partial charge in [-0.05, 0) is 65.6 Å². The molecule has 1 N–H and O–H groups in total. The molecule has 4 heterocycles. The number of piperazine rings is 1. The lowest BCUT2D eigenvalue weighted by Crippen LogP contribution is -2.45. The number of nitrogens with one attached hydrogen (secondary N) is 1. The number of nitrogens with zero attached hydrogens (tertiary/aromatic N) is 4. The van der Waals surface area contributed by atoms with Gasteiger partial charge < -0.3 is 19.5 Å². The number of aromatic nitrogens is 2. The number of rotatable bonds is 8. The van der Waals surface area contributed by atoms with Gasteiger partial charge in [0.25, 0.3) is 0 Å². The normalized spacial score (nSPS) is 18.0. The minimum Gasteiger partial charge on any atom is -0.457 e. The van der Waals surface area contributed by atoms with E-state index in [9.17, 15) is 18.0 Å². The zero-order valence-electron chi connectivity index (χ0n) is 25.2. The second-order valence-corrected chi connectivity index (χ2v) is 11.8. The zero-order valence-corrected chi connectivity index (χ0v) is 25.2. The topological polar surface area (TPSA) is 64.7 Å². The average Bonchev–Trinajstić information content (AvgIpc) is 3.51. The first-order chi connectivity index (χ1) is 21.2. The second kappa shape index (κ2) is 12.6. The van der Waals surface area contributed by atoms with Gasteiger partial charge in [-0.15, -0.1) is 0 Å². The van der Waals surface area contributed by atoms with Gasteiger partial charge in [0, 0.05) is 64.1 Å². The van der Waals surface area contributed by atoms with Crippen LogP contribution in [0.5, 0.6) is 11.5 Å². The van der Waals surface area contributed by atoms with Crippen molar-refractivity contribution in [3.63, 3.8) is 0 Å². The number of carbonyl (C=O) groups is 1. The van der Waals surface area contributed by atoms with Crippen molar-refractivity contribution in [2.24, 2.45) is 0 Å². The van der Waals surface area contributed by atoms with Crippen LogP contribution < -0.4 is 4.74 Å². The van der Waals surface area contributed by atoms with E-state index < -0.39 is 11.7 Å². The van der Waals surface area contributed by atoms with Gasteiger partial charge in [-0.3, -0.25) is 9.69 Å². The molecule has 1 fully saturated rings. The zero-order chi connectivity index (χ0) is 30.8. The number of halogens is 3. The fraction of sp³-hybridized carbons (Fsp3) is 0.412. The molecule has 4 aromatic rings. The number of hydrogen-bond donors (Lipinski definition) is 1. The molecule has 7 nitrogen and oxygen atoms in total. The van der Waals surface area contributed by atoms with E-state index >= 15 is 0 Å². The van der Waals surface area contributed by atoms with Crippen LogP contribution >= 0.6 is 0 Å². The molecule has 10 heteroatoms. The Hall–Kier alpha value is -3.89. The van der Waals surface area contributed by atoms with Crippen molar-refractivity contribution in [3.8, 4) is 11.5 Å². The first kappa shape index (κ1) is 30.1. The van der Waals surface area contributed by atoms with Crippen molar-refractivity contribution in [2.75, 3.05) is 39.3 Å². The third kappa shape index (κ3) is 6.46. The van der Waals surface area contributed by atoms with Crippen molar-refractivity contribution in [1.82, 2.24) is 24.7 Å². The van der Waals surface area contributed by atoms with E-state index in [0.717, 1.165) is 55.7 Å². The summed E-state index contributed by atoms with van der Waals surface area (Å²) < 4.78 is 48.8. The highest BCUT2D eigenvalue weighted by Crippen LogP contribution is 2.37. The Balaban J connectivity index is 1.17. The number of amides is 1. The molecule has 2 aromatic heterocycles. The summed E-state index contributed by atoms with van der Waals surface area (Å²) in [6.07, 6.45) is -0.237. The molecule has 2 aromatic carbocycles. The quantitative estimate of drug-likeness (QED) is 0.246. The van der Waals surface area contributed by atoms with Crippen molar-refractivity contribution < 1.29 is 22.7 Å². The van der Waals surface area contributed by atoms with Gasteiger partial charge in [-0.1, -0.05) is 32.0 Å². The molecule has 0 radical (unpaired) electrons. The van der Waals surface area contributed by atoms with Gasteiger partial charge in [0.05, 0.1) is 17.4 Å². The summed E-state index contributed by atoms with van der Waals surface area (Å²) in [6, 6.07) is 14.1. The lowest BCUT2D eigenvalue weighted by Gasteiger charge is -2.35. The van der Waals surface area contributed by atoms with Gasteiger partial charge >= 0.3 is 6.18 Å². The number of ether oxygens (including phenoxy) is 1. The van der Waals surface area contributed by atoms with Crippen LogP contribution in [-0.4, -0.2) is 69.8 Å². The first-order valence-corrected chi connectivity index (χ1v) is 15.4. The van der Waals surface area contributed by atoms with Crippen LogP contribution in [0.15, 0.2) is 60.9 Å². The molecular weight excluding hydrogens is 567 g/mol. The minimum absolute atomic E-state index is 0.0804. The van der Waals surface area contributed by atoms with Crippen molar-refractivity contribution in [1.29, 1.82) is 0 Å². The van der Waals surface area contributed by atoms with Crippen LogP contribution in [0.3, 0.4) is 0 Å². The van der Waals surface area contributed by atoms with E-state index in [1.165, 1.54) is 11.6 Å². The van der Waals surface area contributed by atoms with Gasteiger partial charge in [0.2, 0.25) is 5.91 Å². The third-order valence-electron chi connectivity index (χ3n) is 8.99. The predicted molar refractivity (Wildman–Crippen MR) is 164 cm³/mol. The molecule has 232 valence electrons. The number of H-pyrrole nitrogens is 1. The number of hydrogen-bond acceptors (Lipinski definition) is 5. The molecular formula is C34H38F3N5O2.